The van der Waals surface area contributed by atoms with Crippen molar-refractivity contribution < 1.29 is 23.1 Å². The molecule has 1 aromatic heterocycles. The Kier molecular flexibility index (Phi) is 7.24. The zero-order chi connectivity index (χ0) is 24.3. The van der Waals surface area contributed by atoms with Gasteiger partial charge in [-0.3, -0.25) is 9.59 Å². The van der Waals surface area contributed by atoms with Gasteiger partial charge in [-0.05, 0) is 38.3 Å². The van der Waals surface area contributed by atoms with Gasteiger partial charge in [-0.25, -0.2) is 18.4 Å². The maximum Gasteiger partial charge on any atom is 0.243 e. The topological polar surface area (TPSA) is 142 Å². The molecule has 3 N–H and O–H groups in total. The summed E-state index contributed by atoms with van der Waals surface area (Å²) in [5.74, 6) is -0.342. The van der Waals surface area contributed by atoms with Gasteiger partial charge in [-0.15, -0.1) is 0 Å². The van der Waals surface area contributed by atoms with Crippen molar-refractivity contribution in [3.05, 3.63) is 53.1 Å². The lowest BCUT2D eigenvalue weighted by Crippen LogP contribution is -2.58. The predicted octanol–water partition coefficient (Wildman–Crippen LogP) is 0.393. The molecule has 1 fully saturated rings. The smallest absolute Gasteiger partial charge is 0.243 e. The number of sulfonamides is 1. The number of rotatable bonds is 7. The Bertz CT molecular complexity index is 1170. The minimum Gasteiger partial charge on any atom is -0.396 e. The third kappa shape index (κ3) is 5.11. The molecule has 2 aliphatic rings. The van der Waals surface area contributed by atoms with Crippen molar-refractivity contribution in [1.29, 1.82) is 0 Å². The predicted molar refractivity (Wildman–Crippen MR) is 123 cm³/mol. The maximum atomic E-state index is 13.3. The van der Waals surface area contributed by atoms with Crippen molar-refractivity contribution in [3.63, 3.8) is 0 Å². The van der Waals surface area contributed by atoms with E-state index in [9.17, 15) is 18.0 Å². The number of piperazine rings is 1. The Labute approximate surface area is 198 Å². The lowest BCUT2D eigenvalue weighted by atomic mass is 9.92. The highest BCUT2D eigenvalue weighted by Crippen LogP contribution is 2.29. The third-order valence-corrected chi connectivity index (χ3v) is 8.11. The van der Waals surface area contributed by atoms with Crippen LogP contribution in [0.4, 0.5) is 0 Å². The highest BCUT2D eigenvalue weighted by molar-refractivity contribution is 7.89. The number of aliphatic hydroxyl groups excluding tert-OH is 1. The molecule has 1 aliphatic heterocycles. The molecular weight excluding hydrogens is 458 g/mol. The molecule has 10 nitrogen and oxygen atoms in total. The molecule has 1 unspecified atom stereocenters. The second-order valence-electron chi connectivity index (χ2n) is 8.61. The van der Waals surface area contributed by atoms with Crippen molar-refractivity contribution in [2.24, 2.45) is 0 Å². The van der Waals surface area contributed by atoms with Gasteiger partial charge in [0.05, 0.1) is 24.0 Å². The SMILES string of the molecule is Cc1ccc(S(=O)(=O)N2CCNC(=O)[C@H]2CC(=O)NC2CCCc3nc(CCO)ncc32)cc1. The first-order valence-electron chi connectivity index (χ1n) is 11.4. The van der Waals surface area contributed by atoms with Gasteiger partial charge in [0.2, 0.25) is 21.8 Å². The van der Waals surface area contributed by atoms with E-state index in [0.29, 0.717) is 18.7 Å². The molecule has 4 rings (SSSR count). The van der Waals surface area contributed by atoms with E-state index < -0.39 is 27.9 Å². The number of fused-ring (bicyclic) bond motifs is 1. The fourth-order valence-corrected chi connectivity index (χ4v) is 6.00. The first-order chi connectivity index (χ1) is 16.3. The molecule has 1 aliphatic carbocycles. The third-order valence-electron chi connectivity index (χ3n) is 6.19. The Morgan fingerprint density at radius 1 is 1.29 bits per heavy atom. The highest BCUT2D eigenvalue weighted by Gasteiger charge is 2.40. The maximum absolute atomic E-state index is 13.3. The fourth-order valence-electron chi connectivity index (χ4n) is 4.41. The first kappa shape index (κ1) is 24.2. The number of benzene rings is 1. The quantitative estimate of drug-likeness (QED) is 0.513. The van der Waals surface area contributed by atoms with Crippen LogP contribution in [0, 0.1) is 6.92 Å². The van der Waals surface area contributed by atoms with E-state index in [-0.39, 0.29) is 37.1 Å². The molecule has 1 aromatic carbocycles. The summed E-state index contributed by atoms with van der Waals surface area (Å²) in [5, 5.41) is 14.7. The summed E-state index contributed by atoms with van der Waals surface area (Å²) in [5.41, 5.74) is 2.58. The van der Waals surface area contributed by atoms with Crippen LogP contribution < -0.4 is 10.6 Å². The molecule has 11 heteroatoms. The van der Waals surface area contributed by atoms with Crippen LogP contribution in [0.2, 0.25) is 0 Å². The summed E-state index contributed by atoms with van der Waals surface area (Å²) in [6.07, 6.45) is 4.04. The molecule has 0 saturated carbocycles. The Balaban J connectivity index is 1.50. The molecule has 0 bridgehead atoms. The van der Waals surface area contributed by atoms with Crippen LogP contribution in [0.25, 0.3) is 0 Å². The van der Waals surface area contributed by atoms with Crippen molar-refractivity contribution in [2.75, 3.05) is 19.7 Å². The summed E-state index contributed by atoms with van der Waals surface area (Å²) in [6.45, 7) is 2.10. The second kappa shape index (κ2) is 10.2. The Morgan fingerprint density at radius 2 is 2.06 bits per heavy atom. The Morgan fingerprint density at radius 3 is 2.79 bits per heavy atom. The Hall–Kier alpha value is -2.89. The van der Waals surface area contributed by atoms with Gasteiger partial charge in [0.15, 0.2) is 0 Å². The number of aryl methyl sites for hydroxylation is 2. The minimum atomic E-state index is -3.95. The van der Waals surface area contributed by atoms with Crippen LogP contribution in [0.15, 0.2) is 35.4 Å². The molecule has 34 heavy (non-hydrogen) atoms. The van der Waals surface area contributed by atoms with Gasteiger partial charge < -0.3 is 15.7 Å². The van der Waals surface area contributed by atoms with Crippen LogP contribution in [-0.2, 0) is 32.5 Å². The highest BCUT2D eigenvalue weighted by atomic mass is 32.2. The number of carbonyl (C=O) groups is 2. The molecule has 0 spiro atoms. The second-order valence-corrected chi connectivity index (χ2v) is 10.5. The first-order valence-corrected chi connectivity index (χ1v) is 12.8. The zero-order valence-electron chi connectivity index (χ0n) is 19.0. The standard InChI is InChI=1S/C23H29N5O5S/c1-15-5-7-16(8-6-15)34(32,33)28-11-10-24-23(31)20(28)13-22(30)27-19-4-2-3-18-17(19)14-25-21(26-18)9-12-29/h5-8,14,19-20,29H,2-4,9-13H2,1H3,(H,24,31)(H,27,30)/t19?,20-/m1/s1. The molecule has 2 atom stereocenters. The molecular formula is C23H29N5O5S. The van der Waals surface area contributed by atoms with E-state index in [1.54, 1.807) is 18.3 Å². The summed E-state index contributed by atoms with van der Waals surface area (Å²) in [4.78, 5) is 34.5. The number of aromatic nitrogens is 2. The molecule has 2 heterocycles. The average molecular weight is 488 g/mol. The number of amides is 2. The summed E-state index contributed by atoms with van der Waals surface area (Å²) >= 11 is 0. The molecule has 2 amide bonds. The number of nitrogens with zero attached hydrogens (tertiary/aromatic N) is 3. The van der Waals surface area contributed by atoms with Gasteiger partial charge in [0.1, 0.15) is 11.9 Å². The summed E-state index contributed by atoms with van der Waals surface area (Å²) in [6, 6.07) is 4.98. The summed E-state index contributed by atoms with van der Waals surface area (Å²) in [7, 11) is -3.95. The lowest BCUT2D eigenvalue weighted by Gasteiger charge is -2.34. The van der Waals surface area contributed by atoms with Gasteiger partial charge in [0.25, 0.3) is 0 Å². The summed E-state index contributed by atoms with van der Waals surface area (Å²) < 4.78 is 27.6. The largest absolute Gasteiger partial charge is 0.396 e. The molecule has 0 radical (unpaired) electrons. The van der Waals surface area contributed by atoms with Crippen LogP contribution in [0.3, 0.4) is 0 Å². The number of hydrogen-bond donors (Lipinski definition) is 3. The van der Waals surface area contributed by atoms with Gasteiger partial charge in [-0.1, -0.05) is 17.7 Å². The van der Waals surface area contributed by atoms with Gasteiger partial charge >= 0.3 is 0 Å². The molecule has 182 valence electrons. The number of hydrogen-bond acceptors (Lipinski definition) is 7. The van der Waals surface area contributed by atoms with E-state index in [0.717, 1.165) is 34.0 Å². The van der Waals surface area contributed by atoms with Crippen molar-refractivity contribution in [1.82, 2.24) is 24.9 Å². The lowest BCUT2D eigenvalue weighted by molar-refractivity contribution is -0.132. The average Bonchev–Trinajstić information content (AvgIpc) is 2.81. The van der Waals surface area contributed by atoms with Gasteiger partial charge in [-0.2, -0.15) is 4.31 Å². The monoisotopic (exact) mass is 487 g/mol. The molecule has 2 aromatic rings. The van der Waals surface area contributed by atoms with Crippen LogP contribution in [-0.4, -0.2) is 65.4 Å². The van der Waals surface area contributed by atoms with Crippen molar-refractivity contribution >= 4 is 21.8 Å². The zero-order valence-corrected chi connectivity index (χ0v) is 19.8. The van der Waals surface area contributed by atoms with E-state index in [1.807, 2.05) is 6.92 Å². The van der Waals surface area contributed by atoms with Gasteiger partial charge in [0, 0.05) is 37.0 Å². The number of aliphatic hydroxyl groups is 1. The van der Waals surface area contributed by atoms with E-state index in [2.05, 4.69) is 20.6 Å². The fraction of sp³-hybridized carbons (Fsp3) is 0.478. The number of nitrogens with one attached hydrogen (secondary N) is 2. The van der Waals surface area contributed by atoms with Crippen LogP contribution >= 0.6 is 0 Å². The minimum absolute atomic E-state index is 0.0373. The van der Waals surface area contributed by atoms with E-state index in [1.165, 1.54) is 12.1 Å². The number of carbonyl (C=O) groups excluding carboxylic acids is 2. The van der Waals surface area contributed by atoms with Crippen molar-refractivity contribution in [3.8, 4) is 0 Å². The van der Waals surface area contributed by atoms with Crippen LogP contribution in [0.1, 0.15) is 47.9 Å². The normalized spacial score (nSPS) is 20.9. The van der Waals surface area contributed by atoms with E-state index >= 15 is 0 Å². The molecule has 1 saturated heterocycles. The van der Waals surface area contributed by atoms with Crippen LogP contribution in [0.5, 0.6) is 0 Å². The van der Waals surface area contributed by atoms with E-state index in [4.69, 9.17) is 5.11 Å². The van der Waals surface area contributed by atoms with Crippen molar-refractivity contribution in [2.45, 2.75) is 56.0 Å².